The van der Waals surface area contributed by atoms with Gasteiger partial charge in [0.1, 0.15) is 0 Å². The van der Waals surface area contributed by atoms with Crippen LogP contribution in [-0.2, 0) is 10.0 Å². The first kappa shape index (κ1) is 13.0. The number of sulfonamides is 1. The van der Waals surface area contributed by atoms with Crippen molar-refractivity contribution in [3.05, 3.63) is 0 Å². The van der Waals surface area contributed by atoms with Crippen LogP contribution in [0.3, 0.4) is 0 Å². The van der Waals surface area contributed by atoms with E-state index < -0.39 is 10.0 Å². The molecule has 1 aliphatic heterocycles. The predicted molar refractivity (Wildman–Crippen MR) is 63.2 cm³/mol. The van der Waals surface area contributed by atoms with Crippen molar-refractivity contribution in [1.29, 1.82) is 0 Å². The summed E-state index contributed by atoms with van der Waals surface area (Å²) >= 11 is 0. The van der Waals surface area contributed by atoms with Crippen LogP contribution in [0, 0.1) is 5.41 Å². The van der Waals surface area contributed by atoms with Crippen molar-refractivity contribution in [2.75, 3.05) is 5.75 Å². The third-order valence-corrected chi connectivity index (χ3v) is 5.05. The SMILES string of the molecule is CC(C)(C)C1CCS(=O)(=O)N1C(C)(C)C. The average Bonchev–Trinajstić information content (AvgIpc) is 2.21. The molecule has 90 valence electrons. The summed E-state index contributed by atoms with van der Waals surface area (Å²) in [5.41, 5.74) is -0.301. The van der Waals surface area contributed by atoms with E-state index in [1.165, 1.54) is 0 Å². The second kappa shape index (κ2) is 3.45. The molecule has 1 saturated heterocycles. The van der Waals surface area contributed by atoms with Gasteiger partial charge < -0.3 is 0 Å². The predicted octanol–water partition coefficient (Wildman–Crippen LogP) is 2.24. The van der Waals surface area contributed by atoms with Gasteiger partial charge in [-0.1, -0.05) is 20.8 Å². The first-order valence-electron chi connectivity index (χ1n) is 5.48. The molecule has 0 aromatic rings. The lowest BCUT2D eigenvalue weighted by molar-refractivity contribution is 0.118. The molecule has 0 saturated carbocycles. The van der Waals surface area contributed by atoms with Crippen molar-refractivity contribution in [1.82, 2.24) is 4.31 Å². The maximum atomic E-state index is 12.0. The summed E-state index contributed by atoms with van der Waals surface area (Å²) < 4.78 is 25.7. The average molecular weight is 233 g/mol. The Kier molecular flexibility index (Phi) is 2.99. The zero-order valence-corrected chi connectivity index (χ0v) is 11.5. The second-order valence-electron chi connectivity index (χ2n) is 6.45. The highest BCUT2D eigenvalue weighted by atomic mass is 32.2. The lowest BCUT2D eigenvalue weighted by Gasteiger charge is -2.41. The van der Waals surface area contributed by atoms with Crippen molar-refractivity contribution in [2.24, 2.45) is 5.41 Å². The lowest BCUT2D eigenvalue weighted by atomic mass is 9.84. The third-order valence-electron chi connectivity index (χ3n) is 2.89. The van der Waals surface area contributed by atoms with E-state index in [4.69, 9.17) is 0 Å². The van der Waals surface area contributed by atoms with Crippen LogP contribution in [0.1, 0.15) is 48.0 Å². The minimum Gasteiger partial charge on any atom is -0.212 e. The molecule has 0 bridgehead atoms. The zero-order valence-electron chi connectivity index (χ0n) is 10.7. The van der Waals surface area contributed by atoms with Crippen LogP contribution in [0.15, 0.2) is 0 Å². The van der Waals surface area contributed by atoms with Gasteiger partial charge in [-0.25, -0.2) is 8.42 Å². The summed E-state index contributed by atoms with van der Waals surface area (Å²) in [5.74, 6) is 0.298. The van der Waals surface area contributed by atoms with Crippen molar-refractivity contribution in [3.8, 4) is 0 Å². The molecular weight excluding hydrogens is 210 g/mol. The van der Waals surface area contributed by atoms with Gasteiger partial charge in [0.15, 0.2) is 0 Å². The van der Waals surface area contributed by atoms with Crippen LogP contribution in [0.5, 0.6) is 0 Å². The molecule has 0 N–H and O–H groups in total. The van der Waals surface area contributed by atoms with E-state index in [1.54, 1.807) is 4.31 Å². The fraction of sp³-hybridized carbons (Fsp3) is 1.00. The number of nitrogens with zero attached hydrogens (tertiary/aromatic N) is 1. The van der Waals surface area contributed by atoms with Crippen LogP contribution in [0.4, 0.5) is 0 Å². The Morgan fingerprint density at radius 3 is 1.80 bits per heavy atom. The topological polar surface area (TPSA) is 37.4 Å². The van der Waals surface area contributed by atoms with E-state index in [1.807, 2.05) is 20.8 Å². The monoisotopic (exact) mass is 233 g/mol. The van der Waals surface area contributed by atoms with E-state index >= 15 is 0 Å². The lowest BCUT2D eigenvalue weighted by Crippen LogP contribution is -2.51. The molecule has 1 fully saturated rings. The molecule has 1 aliphatic rings. The zero-order chi connectivity index (χ0) is 12.1. The smallest absolute Gasteiger partial charge is 0.212 e. The molecule has 1 atom stereocenters. The van der Waals surface area contributed by atoms with Crippen molar-refractivity contribution in [2.45, 2.75) is 59.5 Å². The van der Waals surface area contributed by atoms with Crippen molar-refractivity contribution >= 4 is 10.0 Å². The molecule has 1 rings (SSSR count). The molecule has 0 aliphatic carbocycles. The molecule has 0 aromatic heterocycles. The maximum Gasteiger partial charge on any atom is 0.214 e. The highest BCUT2D eigenvalue weighted by molar-refractivity contribution is 7.89. The first-order chi connectivity index (χ1) is 6.46. The minimum atomic E-state index is -3.04. The van der Waals surface area contributed by atoms with E-state index in [2.05, 4.69) is 20.8 Å². The van der Waals surface area contributed by atoms with Gasteiger partial charge in [0.25, 0.3) is 0 Å². The first-order valence-corrected chi connectivity index (χ1v) is 7.09. The molecule has 15 heavy (non-hydrogen) atoms. The largest absolute Gasteiger partial charge is 0.214 e. The molecule has 0 spiro atoms. The number of hydrogen-bond donors (Lipinski definition) is 0. The van der Waals surface area contributed by atoms with Gasteiger partial charge in [-0.3, -0.25) is 0 Å². The summed E-state index contributed by atoms with van der Waals surface area (Å²) in [6.45, 7) is 12.2. The summed E-state index contributed by atoms with van der Waals surface area (Å²) in [6.07, 6.45) is 0.753. The minimum absolute atomic E-state index is 0.0108. The van der Waals surface area contributed by atoms with Crippen molar-refractivity contribution in [3.63, 3.8) is 0 Å². The van der Waals surface area contributed by atoms with Gasteiger partial charge in [-0.2, -0.15) is 4.31 Å². The Hall–Kier alpha value is -0.0900. The van der Waals surface area contributed by atoms with Crippen LogP contribution in [-0.4, -0.2) is 30.1 Å². The summed E-state index contributed by atoms with van der Waals surface area (Å²) in [6, 6.07) is 0.127. The van der Waals surface area contributed by atoms with E-state index in [9.17, 15) is 8.42 Å². The fourth-order valence-electron chi connectivity index (χ4n) is 2.34. The quantitative estimate of drug-likeness (QED) is 0.643. The Balaban J connectivity index is 3.15. The van der Waals surface area contributed by atoms with Crippen LogP contribution >= 0.6 is 0 Å². The Bertz CT molecular complexity index is 333. The van der Waals surface area contributed by atoms with E-state index in [-0.39, 0.29) is 17.0 Å². The van der Waals surface area contributed by atoms with Gasteiger partial charge in [0.2, 0.25) is 10.0 Å². The molecule has 1 heterocycles. The number of rotatable bonds is 0. The Morgan fingerprint density at radius 1 is 1.07 bits per heavy atom. The Morgan fingerprint density at radius 2 is 1.53 bits per heavy atom. The highest BCUT2D eigenvalue weighted by Gasteiger charge is 2.48. The fourth-order valence-corrected chi connectivity index (χ4v) is 4.70. The highest BCUT2D eigenvalue weighted by Crippen LogP contribution is 2.39. The number of hydrogen-bond acceptors (Lipinski definition) is 2. The van der Waals surface area contributed by atoms with Crippen molar-refractivity contribution < 1.29 is 8.42 Å². The third kappa shape index (κ3) is 2.53. The van der Waals surface area contributed by atoms with Crippen LogP contribution < -0.4 is 0 Å². The van der Waals surface area contributed by atoms with Crippen LogP contribution in [0.2, 0.25) is 0 Å². The summed E-state index contributed by atoms with van der Waals surface area (Å²) in [5, 5.41) is 0. The standard InChI is InChI=1S/C11H23NO2S/c1-10(2,3)9-7-8-15(13,14)12(9)11(4,5)6/h9H,7-8H2,1-6H3. The molecular formula is C11H23NO2S. The molecule has 0 amide bonds. The van der Waals surface area contributed by atoms with Gasteiger partial charge in [-0.15, -0.1) is 0 Å². The molecule has 1 unspecified atom stereocenters. The summed E-state index contributed by atoms with van der Waals surface area (Å²) in [4.78, 5) is 0. The van der Waals surface area contributed by atoms with Gasteiger partial charge in [-0.05, 0) is 32.6 Å². The maximum absolute atomic E-state index is 12.0. The van der Waals surface area contributed by atoms with E-state index in [0.717, 1.165) is 6.42 Å². The van der Waals surface area contributed by atoms with Gasteiger partial charge in [0, 0.05) is 11.6 Å². The van der Waals surface area contributed by atoms with Gasteiger partial charge >= 0.3 is 0 Å². The Labute approximate surface area is 93.9 Å². The molecule has 3 nitrogen and oxygen atoms in total. The van der Waals surface area contributed by atoms with E-state index in [0.29, 0.717) is 5.75 Å². The van der Waals surface area contributed by atoms with Crippen LogP contribution in [0.25, 0.3) is 0 Å². The summed E-state index contributed by atoms with van der Waals surface area (Å²) in [7, 11) is -3.04. The van der Waals surface area contributed by atoms with Gasteiger partial charge in [0.05, 0.1) is 5.75 Å². The second-order valence-corrected chi connectivity index (χ2v) is 8.42. The molecule has 0 radical (unpaired) electrons. The molecule has 0 aromatic carbocycles. The molecule has 4 heteroatoms. The normalized spacial score (nSPS) is 28.3.